The van der Waals surface area contributed by atoms with Crippen LogP contribution in [0.3, 0.4) is 0 Å². The molecule has 122 valence electrons. The lowest BCUT2D eigenvalue weighted by atomic mass is 10.1. The van der Waals surface area contributed by atoms with Crippen LogP contribution in [0.15, 0.2) is 48.5 Å². The lowest BCUT2D eigenvalue weighted by molar-refractivity contribution is 0.374. The fourth-order valence-corrected chi connectivity index (χ4v) is 2.54. The van der Waals surface area contributed by atoms with Crippen molar-refractivity contribution >= 4 is 23.1 Å². The van der Waals surface area contributed by atoms with E-state index in [1.54, 1.807) is 21.3 Å². The van der Waals surface area contributed by atoms with E-state index < -0.39 is 0 Å². The first-order valence-electron chi connectivity index (χ1n) is 7.59. The normalized spacial score (nSPS) is 11.0. The van der Waals surface area contributed by atoms with Gasteiger partial charge in [-0.05, 0) is 24.3 Å². The number of benzene rings is 2. The molecule has 0 fully saturated rings. The van der Waals surface area contributed by atoms with Gasteiger partial charge in [0.2, 0.25) is 0 Å². The second-order valence-corrected chi connectivity index (χ2v) is 5.21. The van der Waals surface area contributed by atoms with Gasteiger partial charge in [0.05, 0.1) is 38.1 Å². The summed E-state index contributed by atoms with van der Waals surface area (Å²) in [5.41, 5.74) is 2.68. The quantitative estimate of drug-likeness (QED) is 0.697. The van der Waals surface area contributed by atoms with E-state index in [0.717, 1.165) is 22.2 Å². The lowest BCUT2D eigenvalue weighted by Gasteiger charge is -2.12. The van der Waals surface area contributed by atoms with Crippen LogP contribution in [0.25, 0.3) is 23.1 Å². The average Bonchev–Trinajstić information content (AvgIpc) is 2.65. The minimum absolute atomic E-state index is 0.684. The fourth-order valence-electron chi connectivity index (χ4n) is 2.54. The Labute approximate surface area is 141 Å². The first-order valence-corrected chi connectivity index (χ1v) is 7.59. The molecule has 2 aromatic carbocycles. The zero-order valence-electron chi connectivity index (χ0n) is 13.9. The Bertz CT molecular complexity index is 862. The summed E-state index contributed by atoms with van der Waals surface area (Å²) in [6, 6.07) is 15.7. The molecule has 0 unspecified atom stereocenters. The molecule has 0 bridgehead atoms. The van der Waals surface area contributed by atoms with Gasteiger partial charge in [0.1, 0.15) is 17.2 Å². The summed E-state index contributed by atoms with van der Waals surface area (Å²) in [6.07, 6.45) is 3.88. The number of hydrogen-bond acceptors (Lipinski definition) is 4. The average molecular weight is 321 g/mol. The van der Waals surface area contributed by atoms with E-state index >= 15 is 0 Å². The number of para-hydroxylation sites is 1. The molecular formula is C20H19NO3. The highest BCUT2D eigenvalue weighted by atomic mass is 16.5. The van der Waals surface area contributed by atoms with Crippen LogP contribution in [0.2, 0.25) is 0 Å². The highest BCUT2D eigenvalue weighted by Crippen LogP contribution is 2.35. The minimum atomic E-state index is 0.684. The van der Waals surface area contributed by atoms with Crippen molar-refractivity contribution < 1.29 is 14.2 Å². The zero-order valence-corrected chi connectivity index (χ0v) is 13.9. The van der Waals surface area contributed by atoms with Crippen molar-refractivity contribution in [2.45, 2.75) is 0 Å². The van der Waals surface area contributed by atoms with Gasteiger partial charge in [-0.2, -0.15) is 0 Å². The first kappa shape index (κ1) is 15.9. The molecule has 24 heavy (non-hydrogen) atoms. The number of ether oxygens (including phenoxy) is 3. The Kier molecular flexibility index (Phi) is 4.66. The fraction of sp³-hybridized carbons (Fsp3) is 0.150. The van der Waals surface area contributed by atoms with Crippen LogP contribution >= 0.6 is 0 Å². The Morgan fingerprint density at radius 3 is 2.17 bits per heavy atom. The number of pyridine rings is 1. The minimum Gasteiger partial charge on any atom is -0.496 e. The summed E-state index contributed by atoms with van der Waals surface area (Å²) in [5, 5.41) is 1.12. The molecule has 0 spiro atoms. The Morgan fingerprint density at radius 1 is 0.792 bits per heavy atom. The molecule has 0 saturated heterocycles. The van der Waals surface area contributed by atoms with Gasteiger partial charge in [-0.15, -0.1) is 0 Å². The van der Waals surface area contributed by atoms with Crippen LogP contribution in [0.1, 0.15) is 11.3 Å². The van der Waals surface area contributed by atoms with Gasteiger partial charge in [0.15, 0.2) is 0 Å². The second kappa shape index (κ2) is 7.04. The van der Waals surface area contributed by atoms with Crippen LogP contribution < -0.4 is 14.2 Å². The molecule has 0 amide bonds. The van der Waals surface area contributed by atoms with Crippen LogP contribution in [0, 0.1) is 0 Å². The standard InChI is InChI=1S/C20H19NO3/c1-22-16-12-19(23-2)17(20(13-16)24-3)11-10-15-9-8-14-6-4-5-7-18(14)21-15/h4-13H,1-3H3/b11-10+. The maximum atomic E-state index is 5.46. The van der Waals surface area contributed by atoms with E-state index in [9.17, 15) is 0 Å². The Balaban J connectivity index is 2.00. The molecule has 0 aliphatic heterocycles. The van der Waals surface area contributed by atoms with Gasteiger partial charge < -0.3 is 14.2 Å². The zero-order chi connectivity index (χ0) is 16.9. The molecule has 1 aromatic heterocycles. The van der Waals surface area contributed by atoms with Gasteiger partial charge in [-0.25, -0.2) is 4.98 Å². The van der Waals surface area contributed by atoms with Gasteiger partial charge >= 0.3 is 0 Å². The molecule has 0 atom stereocenters. The van der Waals surface area contributed by atoms with Crippen molar-refractivity contribution in [3.05, 3.63) is 59.8 Å². The van der Waals surface area contributed by atoms with Crippen molar-refractivity contribution in [1.82, 2.24) is 4.98 Å². The molecular weight excluding hydrogens is 302 g/mol. The molecule has 3 rings (SSSR count). The molecule has 0 saturated carbocycles. The van der Waals surface area contributed by atoms with Crippen molar-refractivity contribution in [3.63, 3.8) is 0 Å². The molecule has 1 heterocycles. The van der Waals surface area contributed by atoms with Crippen LogP contribution in [0.4, 0.5) is 0 Å². The highest BCUT2D eigenvalue weighted by molar-refractivity contribution is 5.82. The summed E-state index contributed by atoms with van der Waals surface area (Å²) in [5.74, 6) is 2.05. The van der Waals surface area contributed by atoms with Crippen molar-refractivity contribution in [1.29, 1.82) is 0 Å². The van der Waals surface area contributed by atoms with Gasteiger partial charge in [0.25, 0.3) is 0 Å². The summed E-state index contributed by atoms with van der Waals surface area (Å²) >= 11 is 0. The van der Waals surface area contributed by atoms with Gasteiger partial charge in [-0.1, -0.05) is 24.3 Å². The molecule has 4 nitrogen and oxygen atoms in total. The predicted molar refractivity (Wildman–Crippen MR) is 96.8 cm³/mol. The largest absolute Gasteiger partial charge is 0.496 e. The topological polar surface area (TPSA) is 40.6 Å². The third-order valence-electron chi connectivity index (χ3n) is 3.79. The summed E-state index contributed by atoms with van der Waals surface area (Å²) in [7, 11) is 4.86. The van der Waals surface area contributed by atoms with Crippen LogP contribution in [-0.2, 0) is 0 Å². The SMILES string of the molecule is COc1cc(OC)c(/C=C/c2ccc3ccccc3n2)c(OC)c1. The van der Waals surface area contributed by atoms with E-state index in [-0.39, 0.29) is 0 Å². The third kappa shape index (κ3) is 3.18. The molecule has 0 radical (unpaired) electrons. The maximum Gasteiger partial charge on any atom is 0.133 e. The number of nitrogens with zero attached hydrogens (tertiary/aromatic N) is 1. The van der Waals surface area contributed by atoms with Gasteiger partial charge in [0, 0.05) is 17.5 Å². The molecule has 0 aliphatic rings. The maximum absolute atomic E-state index is 5.46. The third-order valence-corrected chi connectivity index (χ3v) is 3.79. The second-order valence-electron chi connectivity index (χ2n) is 5.21. The monoisotopic (exact) mass is 321 g/mol. The lowest BCUT2D eigenvalue weighted by Crippen LogP contribution is -1.94. The summed E-state index contributed by atoms with van der Waals surface area (Å²) < 4.78 is 16.2. The van der Waals surface area contributed by atoms with Crippen LogP contribution in [-0.4, -0.2) is 26.3 Å². The van der Waals surface area contributed by atoms with E-state index in [1.165, 1.54) is 0 Å². The summed E-state index contributed by atoms with van der Waals surface area (Å²) in [6.45, 7) is 0. The van der Waals surface area contributed by atoms with Gasteiger partial charge in [-0.3, -0.25) is 0 Å². The molecule has 4 heteroatoms. The Morgan fingerprint density at radius 2 is 1.50 bits per heavy atom. The van der Waals surface area contributed by atoms with Crippen molar-refractivity contribution in [2.24, 2.45) is 0 Å². The van der Waals surface area contributed by atoms with E-state index in [2.05, 4.69) is 11.1 Å². The van der Waals surface area contributed by atoms with E-state index in [0.29, 0.717) is 17.2 Å². The van der Waals surface area contributed by atoms with Crippen molar-refractivity contribution in [3.8, 4) is 17.2 Å². The predicted octanol–water partition coefficient (Wildman–Crippen LogP) is 4.43. The molecule has 3 aromatic rings. The Hall–Kier alpha value is -3.01. The number of aromatic nitrogens is 1. The smallest absolute Gasteiger partial charge is 0.133 e. The van der Waals surface area contributed by atoms with E-state index in [4.69, 9.17) is 14.2 Å². The van der Waals surface area contributed by atoms with E-state index in [1.807, 2.05) is 54.6 Å². The number of fused-ring (bicyclic) bond motifs is 1. The number of hydrogen-bond donors (Lipinski definition) is 0. The molecule has 0 N–H and O–H groups in total. The molecule has 0 aliphatic carbocycles. The number of methoxy groups -OCH3 is 3. The number of rotatable bonds is 5. The highest BCUT2D eigenvalue weighted by Gasteiger charge is 2.10. The summed E-state index contributed by atoms with van der Waals surface area (Å²) in [4.78, 5) is 4.64. The first-order chi connectivity index (χ1) is 11.7. The van der Waals surface area contributed by atoms with Crippen LogP contribution in [0.5, 0.6) is 17.2 Å². The van der Waals surface area contributed by atoms with Crippen molar-refractivity contribution in [2.75, 3.05) is 21.3 Å².